The van der Waals surface area contributed by atoms with E-state index in [2.05, 4.69) is 182 Å². The molecule has 9 rings (SSSR count). The second-order valence-corrected chi connectivity index (χ2v) is 12.1. The zero-order valence-electron chi connectivity index (χ0n) is 25.3. The van der Waals surface area contributed by atoms with Crippen molar-refractivity contribution in [2.75, 3.05) is 0 Å². The van der Waals surface area contributed by atoms with Crippen molar-refractivity contribution in [1.82, 2.24) is 0 Å². The van der Waals surface area contributed by atoms with Gasteiger partial charge in [0.2, 0.25) is 0 Å². The number of benzene rings is 9. The van der Waals surface area contributed by atoms with Crippen molar-refractivity contribution < 1.29 is 0 Å². The summed E-state index contributed by atoms with van der Waals surface area (Å²) in [6, 6.07) is 66.5. The minimum Gasteiger partial charge on any atom is -0.0622 e. The molecule has 0 aliphatic rings. The number of hydrogen-bond donors (Lipinski definition) is 0. The fourth-order valence-corrected chi connectivity index (χ4v) is 7.17. The van der Waals surface area contributed by atoms with E-state index >= 15 is 0 Å². The molecule has 0 amide bonds. The molecule has 0 nitrogen and oxygen atoms in total. The molecule has 0 spiro atoms. The molecule has 0 bridgehead atoms. The van der Waals surface area contributed by atoms with Crippen molar-refractivity contribution in [2.24, 2.45) is 0 Å². The largest absolute Gasteiger partial charge is 0.0622 e. The van der Waals surface area contributed by atoms with Gasteiger partial charge in [-0.25, -0.2) is 0 Å². The molecular weight excluding hydrogens is 553 g/mol. The minimum atomic E-state index is 1.23. The van der Waals surface area contributed by atoms with Gasteiger partial charge in [-0.05, 0) is 112 Å². The Kier molecular flexibility index (Phi) is 6.25. The molecule has 0 fully saturated rings. The molecule has 0 atom stereocenters. The van der Waals surface area contributed by atoms with Crippen LogP contribution in [0.3, 0.4) is 0 Å². The highest BCUT2D eigenvalue weighted by Gasteiger charge is 2.16. The van der Waals surface area contributed by atoms with E-state index in [9.17, 15) is 0 Å². The summed E-state index contributed by atoms with van der Waals surface area (Å²) < 4.78 is 0. The fraction of sp³-hybridized carbons (Fsp3) is 0. The normalized spacial score (nSPS) is 11.5. The maximum atomic E-state index is 2.36. The van der Waals surface area contributed by atoms with Crippen LogP contribution < -0.4 is 0 Å². The van der Waals surface area contributed by atoms with Crippen molar-refractivity contribution in [3.8, 4) is 44.5 Å². The third-order valence-corrected chi connectivity index (χ3v) is 9.40. The van der Waals surface area contributed by atoms with Gasteiger partial charge in [0.05, 0.1) is 0 Å². The predicted molar refractivity (Wildman–Crippen MR) is 198 cm³/mol. The smallest absolute Gasteiger partial charge is 0.00262 e. The molecule has 0 N–H and O–H groups in total. The van der Waals surface area contributed by atoms with Gasteiger partial charge in [0.1, 0.15) is 0 Å². The standard InChI is InChI=1S/C46H30/c1-3-11-31(12-4-1)33-19-20-35-28-36(22-21-34(35)27-33)37-23-24-39-30-40(26-25-38(39)29-37)46-43-17-9-7-15-41(43)45(32-13-5-2-6-14-32)42-16-8-10-18-44(42)46/h1-30H. The van der Waals surface area contributed by atoms with Crippen molar-refractivity contribution >= 4 is 43.1 Å². The lowest BCUT2D eigenvalue weighted by molar-refractivity contribution is 1.63. The lowest BCUT2D eigenvalue weighted by Gasteiger charge is -2.18. The van der Waals surface area contributed by atoms with Crippen LogP contribution in [0.2, 0.25) is 0 Å². The molecule has 9 aromatic rings. The highest BCUT2D eigenvalue weighted by molar-refractivity contribution is 6.21. The van der Waals surface area contributed by atoms with Gasteiger partial charge in [0, 0.05) is 0 Å². The summed E-state index contributed by atoms with van der Waals surface area (Å²) in [6.07, 6.45) is 0. The molecule has 0 aliphatic heterocycles. The Morgan fingerprint density at radius 3 is 0.935 bits per heavy atom. The van der Waals surface area contributed by atoms with Gasteiger partial charge in [-0.2, -0.15) is 0 Å². The van der Waals surface area contributed by atoms with Gasteiger partial charge in [-0.3, -0.25) is 0 Å². The third-order valence-electron chi connectivity index (χ3n) is 9.40. The van der Waals surface area contributed by atoms with Gasteiger partial charge in [0.25, 0.3) is 0 Å². The van der Waals surface area contributed by atoms with Crippen LogP contribution in [-0.2, 0) is 0 Å². The molecule has 0 saturated carbocycles. The fourth-order valence-electron chi connectivity index (χ4n) is 7.17. The second kappa shape index (κ2) is 10.9. The Bertz CT molecular complexity index is 2500. The van der Waals surface area contributed by atoms with Crippen molar-refractivity contribution in [3.05, 3.63) is 182 Å². The van der Waals surface area contributed by atoms with Gasteiger partial charge >= 0.3 is 0 Å². The molecule has 46 heavy (non-hydrogen) atoms. The molecule has 0 aromatic heterocycles. The van der Waals surface area contributed by atoms with Gasteiger partial charge in [-0.1, -0.05) is 158 Å². The summed E-state index contributed by atoms with van der Waals surface area (Å²) in [6.45, 7) is 0. The Morgan fingerprint density at radius 2 is 0.500 bits per heavy atom. The van der Waals surface area contributed by atoms with Gasteiger partial charge in [0.15, 0.2) is 0 Å². The van der Waals surface area contributed by atoms with E-state index in [4.69, 9.17) is 0 Å². The molecule has 0 heterocycles. The van der Waals surface area contributed by atoms with Crippen LogP contribution in [0, 0.1) is 0 Å². The zero-order chi connectivity index (χ0) is 30.5. The number of rotatable bonds is 4. The van der Waals surface area contributed by atoms with Crippen LogP contribution in [0.15, 0.2) is 182 Å². The first-order valence-corrected chi connectivity index (χ1v) is 15.9. The average Bonchev–Trinajstić information content (AvgIpc) is 3.13. The number of hydrogen-bond acceptors (Lipinski definition) is 0. The summed E-state index contributed by atoms with van der Waals surface area (Å²) in [5.41, 5.74) is 10.0. The maximum Gasteiger partial charge on any atom is -0.00262 e. The summed E-state index contributed by atoms with van der Waals surface area (Å²) >= 11 is 0. The summed E-state index contributed by atoms with van der Waals surface area (Å²) in [7, 11) is 0. The first-order chi connectivity index (χ1) is 22.8. The van der Waals surface area contributed by atoms with Gasteiger partial charge < -0.3 is 0 Å². The van der Waals surface area contributed by atoms with E-state index in [1.54, 1.807) is 0 Å². The van der Waals surface area contributed by atoms with Crippen molar-refractivity contribution in [3.63, 3.8) is 0 Å². The molecule has 9 aromatic carbocycles. The van der Waals surface area contributed by atoms with Crippen LogP contribution in [0.1, 0.15) is 0 Å². The van der Waals surface area contributed by atoms with Crippen LogP contribution in [0.4, 0.5) is 0 Å². The van der Waals surface area contributed by atoms with Crippen LogP contribution in [-0.4, -0.2) is 0 Å². The zero-order valence-corrected chi connectivity index (χ0v) is 25.3. The molecule has 0 aliphatic carbocycles. The summed E-state index contributed by atoms with van der Waals surface area (Å²) in [5, 5.41) is 10.1. The van der Waals surface area contributed by atoms with E-state index in [0.29, 0.717) is 0 Å². The van der Waals surface area contributed by atoms with Crippen LogP contribution in [0.5, 0.6) is 0 Å². The molecule has 0 unspecified atom stereocenters. The number of fused-ring (bicyclic) bond motifs is 4. The molecular formula is C46H30. The summed E-state index contributed by atoms with van der Waals surface area (Å²) in [5.74, 6) is 0. The van der Waals surface area contributed by atoms with Crippen LogP contribution in [0.25, 0.3) is 87.6 Å². The molecule has 0 heteroatoms. The second-order valence-electron chi connectivity index (χ2n) is 12.1. The van der Waals surface area contributed by atoms with E-state index < -0.39 is 0 Å². The van der Waals surface area contributed by atoms with E-state index in [0.717, 1.165) is 0 Å². The van der Waals surface area contributed by atoms with Crippen molar-refractivity contribution in [1.29, 1.82) is 0 Å². The SMILES string of the molecule is c1ccc(-c2ccc3cc(-c4ccc5cc(-c6c7ccccc7c(-c7ccccc7)c7ccccc67)ccc5c4)ccc3c2)cc1. The lowest BCUT2D eigenvalue weighted by Crippen LogP contribution is -1.90. The van der Waals surface area contributed by atoms with E-state index in [1.165, 1.54) is 87.6 Å². The van der Waals surface area contributed by atoms with Crippen LogP contribution >= 0.6 is 0 Å². The minimum absolute atomic E-state index is 1.23. The quantitative estimate of drug-likeness (QED) is 0.181. The average molecular weight is 583 g/mol. The monoisotopic (exact) mass is 582 g/mol. The summed E-state index contributed by atoms with van der Waals surface area (Å²) in [4.78, 5) is 0. The highest BCUT2D eigenvalue weighted by atomic mass is 14.2. The Morgan fingerprint density at radius 1 is 0.196 bits per heavy atom. The first-order valence-electron chi connectivity index (χ1n) is 15.9. The Balaban J connectivity index is 1.14. The third kappa shape index (κ3) is 4.47. The van der Waals surface area contributed by atoms with E-state index in [1.807, 2.05) is 0 Å². The predicted octanol–water partition coefficient (Wildman–Crippen LogP) is 13.0. The highest BCUT2D eigenvalue weighted by Crippen LogP contribution is 2.44. The lowest BCUT2D eigenvalue weighted by atomic mass is 9.85. The van der Waals surface area contributed by atoms with Gasteiger partial charge in [-0.15, -0.1) is 0 Å². The Labute approximate surface area is 268 Å². The molecule has 0 saturated heterocycles. The Hall–Kier alpha value is -5.98. The van der Waals surface area contributed by atoms with Crippen molar-refractivity contribution in [2.45, 2.75) is 0 Å². The maximum absolute atomic E-state index is 2.36. The van der Waals surface area contributed by atoms with E-state index in [-0.39, 0.29) is 0 Å². The molecule has 0 radical (unpaired) electrons. The molecule has 214 valence electrons. The first kappa shape index (κ1) is 26.4. The topological polar surface area (TPSA) is 0 Å².